The predicted molar refractivity (Wildman–Crippen MR) is 124 cm³/mol. The Labute approximate surface area is 203 Å². The molecule has 0 spiro atoms. The normalized spacial score (nSPS) is 18.8. The molecule has 194 valence electrons. The number of primary amides is 1. The van der Waals surface area contributed by atoms with E-state index in [1.807, 2.05) is 13.8 Å². The van der Waals surface area contributed by atoms with Crippen molar-refractivity contribution in [1.29, 1.82) is 0 Å². The summed E-state index contributed by atoms with van der Waals surface area (Å²) in [7, 11) is 0. The van der Waals surface area contributed by atoms with Crippen LogP contribution in [0.4, 0.5) is 0 Å². The van der Waals surface area contributed by atoms with Gasteiger partial charge in [0.2, 0.25) is 23.6 Å². The second kappa shape index (κ2) is 12.8. The molecule has 0 bridgehead atoms. The van der Waals surface area contributed by atoms with Gasteiger partial charge in [0.1, 0.15) is 18.1 Å². The van der Waals surface area contributed by atoms with Crippen LogP contribution in [0.1, 0.15) is 51.6 Å². The Morgan fingerprint density at radius 2 is 1.91 bits per heavy atom. The molecule has 0 saturated carbocycles. The number of H-pyrrole nitrogens is 1. The zero-order chi connectivity index (χ0) is 26.1. The fourth-order valence-corrected chi connectivity index (χ4v) is 3.91. The molecule has 1 fully saturated rings. The quantitative estimate of drug-likeness (QED) is 0.192. The van der Waals surface area contributed by atoms with Gasteiger partial charge in [-0.1, -0.05) is 20.3 Å². The maximum atomic E-state index is 13.3. The van der Waals surface area contributed by atoms with Gasteiger partial charge < -0.3 is 37.1 Å². The molecule has 5 atom stereocenters. The van der Waals surface area contributed by atoms with Crippen molar-refractivity contribution in [3.8, 4) is 0 Å². The number of nitrogens with zero attached hydrogens (tertiary/aromatic N) is 2. The van der Waals surface area contributed by atoms with Gasteiger partial charge >= 0.3 is 5.97 Å². The molecule has 0 aliphatic carbocycles. The second-order valence-electron chi connectivity index (χ2n) is 8.85. The van der Waals surface area contributed by atoms with Gasteiger partial charge in [0, 0.05) is 31.3 Å². The molecule has 8 N–H and O–H groups in total. The molecule has 13 nitrogen and oxygen atoms in total. The summed E-state index contributed by atoms with van der Waals surface area (Å²) in [6, 6.07) is -4.15. The third kappa shape index (κ3) is 7.77. The third-order valence-corrected chi connectivity index (χ3v) is 6.29. The maximum Gasteiger partial charge on any atom is 0.326 e. The van der Waals surface area contributed by atoms with Crippen LogP contribution in [0, 0.1) is 5.92 Å². The molecular formula is C22H35N7O6. The molecular weight excluding hydrogens is 458 g/mol. The lowest BCUT2D eigenvalue weighted by Crippen LogP contribution is -2.58. The number of nitrogens with two attached hydrogens (primary N) is 2. The molecule has 13 heteroatoms. The second-order valence-corrected chi connectivity index (χ2v) is 8.85. The first-order valence-electron chi connectivity index (χ1n) is 11.7. The number of aromatic nitrogens is 2. The summed E-state index contributed by atoms with van der Waals surface area (Å²) in [6.07, 6.45) is 4.13. The Kier molecular flexibility index (Phi) is 10.2. The van der Waals surface area contributed by atoms with Crippen molar-refractivity contribution in [3.63, 3.8) is 0 Å². The Bertz CT molecular complexity index is 906. The lowest BCUT2D eigenvalue weighted by atomic mass is 9.98. The molecule has 4 amide bonds. The molecule has 1 aliphatic rings. The van der Waals surface area contributed by atoms with E-state index in [1.165, 1.54) is 17.4 Å². The number of amides is 4. The molecule has 0 radical (unpaired) electrons. The summed E-state index contributed by atoms with van der Waals surface area (Å²) >= 11 is 0. The van der Waals surface area contributed by atoms with Crippen molar-refractivity contribution in [2.24, 2.45) is 17.4 Å². The van der Waals surface area contributed by atoms with Crippen LogP contribution >= 0.6 is 0 Å². The highest BCUT2D eigenvalue weighted by Gasteiger charge is 2.38. The van der Waals surface area contributed by atoms with E-state index in [0.717, 1.165) is 0 Å². The van der Waals surface area contributed by atoms with E-state index in [9.17, 15) is 29.1 Å². The highest BCUT2D eigenvalue weighted by Crippen LogP contribution is 2.20. The minimum Gasteiger partial charge on any atom is -0.480 e. The molecule has 0 aromatic carbocycles. The number of hydrogen-bond donors (Lipinski definition) is 6. The zero-order valence-electron chi connectivity index (χ0n) is 20.0. The monoisotopic (exact) mass is 493 g/mol. The van der Waals surface area contributed by atoms with Gasteiger partial charge in [-0.3, -0.25) is 19.2 Å². The molecule has 1 aromatic heterocycles. The van der Waals surface area contributed by atoms with E-state index in [0.29, 0.717) is 25.0 Å². The van der Waals surface area contributed by atoms with Gasteiger partial charge in [0.05, 0.1) is 12.4 Å². The highest BCUT2D eigenvalue weighted by molar-refractivity contribution is 5.94. The average molecular weight is 494 g/mol. The van der Waals surface area contributed by atoms with E-state index in [-0.39, 0.29) is 31.7 Å². The number of carbonyl (C=O) groups excluding carboxylic acids is 4. The third-order valence-electron chi connectivity index (χ3n) is 6.29. The van der Waals surface area contributed by atoms with Crippen molar-refractivity contribution in [2.45, 2.75) is 76.5 Å². The lowest BCUT2D eigenvalue weighted by molar-refractivity contribution is -0.149. The number of carboxylic acid groups (broad SMARTS) is 1. The number of carbonyl (C=O) groups is 5. The standard InChI is InChI=1S/C22H35N7O6/c1-3-12(2)18(24)20(32)28-15(9-13-10-25-11-26-13)19(31)27-14(6-7-17(23)30)21(33)29-8-4-5-16(29)22(34)35/h10-12,14-16,18H,3-9,24H2,1-2H3,(H2,23,30)(H,25,26)(H,27,31)(H,28,32)(H,34,35). The van der Waals surface area contributed by atoms with Crippen LogP contribution < -0.4 is 22.1 Å². The highest BCUT2D eigenvalue weighted by atomic mass is 16.4. The summed E-state index contributed by atoms with van der Waals surface area (Å²) in [6.45, 7) is 3.93. The number of nitrogens with one attached hydrogen (secondary N) is 3. The molecule has 35 heavy (non-hydrogen) atoms. The molecule has 2 heterocycles. The first-order valence-corrected chi connectivity index (χ1v) is 11.7. The van der Waals surface area contributed by atoms with Crippen LogP contribution in [0.3, 0.4) is 0 Å². The number of rotatable bonds is 13. The molecule has 1 aromatic rings. The molecule has 1 aliphatic heterocycles. The minimum atomic E-state index is -1.20. The summed E-state index contributed by atoms with van der Waals surface area (Å²) < 4.78 is 0. The van der Waals surface area contributed by atoms with Crippen LogP contribution in [-0.2, 0) is 30.4 Å². The van der Waals surface area contributed by atoms with Gasteiger partial charge in [-0.25, -0.2) is 9.78 Å². The Morgan fingerprint density at radius 1 is 1.23 bits per heavy atom. The molecule has 2 rings (SSSR count). The van der Waals surface area contributed by atoms with Crippen LogP contribution in [0.2, 0.25) is 0 Å². The topological polar surface area (TPSA) is 214 Å². The zero-order valence-corrected chi connectivity index (χ0v) is 20.0. The van der Waals surface area contributed by atoms with E-state index >= 15 is 0 Å². The van der Waals surface area contributed by atoms with Crippen molar-refractivity contribution in [1.82, 2.24) is 25.5 Å². The smallest absolute Gasteiger partial charge is 0.326 e. The van der Waals surface area contributed by atoms with E-state index < -0.39 is 53.8 Å². The number of carboxylic acids is 1. The SMILES string of the molecule is CCC(C)C(N)C(=O)NC(Cc1cnc[nH]1)C(=O)NC(CCC(N)=O)C(=O)N1CCCC1C(=O)O. The number of hydrogen-bond acceptors (Lipinski definition) is 7. The van der Waals surface area contributed by atoms with Gasteiger partial charge in [-0.15, -0.1) is 0 Å². The number of aromatic amines is 1. The Balaban J connectivity index is 2.23. The first kappa shape index (κ1) is 27.8. The number of imidazole rings is 1. The first-order chi connectivity index (χ1) is 16.5. The fraction of sp³-hybridized carbons (Fsp3) is 0.636. The van der Waals surface area contributed by atoms with Gasteiger partial charge in [0.15, 0.2) is 0 Å². The van der Waals surface area contributed by atoms with Crippen LogP contribution in [0.25, 0.3) is 0 Å². The number of aliphatic carboxylic acids is 1. The van der Waals surface area contributed by atoms with E-state index in [2.05, 4.69) is 20.6 Å². The van der Waals surface area contributed by atoms with Gasteiger partial charge in [-0.2, -0.15) is 0 Å². The van der Waals surface area contributed by atoms with E-state index in [1.54, 1.807) is 0 Å². The molecule has 5 unspecified atom stereocenters. The van der Waals surface area contributed by atoms with Crippen LogP contribution in [0.15, 0.2) is 12.5 Å². The Hall–Kier alpha value is -3.48. The summed E-state index contributed by atoms with van der Waals surface area (Å²) in [4.78, 5) is 70.0. The maximum absolute atomic E-state index is 13.3. The molecule has 1 saturated heterocycles. The summed E-state index contributed by atoms with van der Waals surface area (Å²) in [5.74, 6) is -3.76. The largest absolute Gasteiger partial charge is 0.480 e. The summed E-state index contributed by atoms with van der Waals surface area (Å²) in [5, 5.41) is 14.7. The van der Waals surface area contributed by atoms with Crippen molar-refractivity contribution in [3.05, 3.63) is 18.2 Å². The van der Waals surface area contributed by atoms with Gasteiger partial charge in [-0.05, 0) is 25.2 Å². The van der Waals surface area contributed by atoms with E-state index in [4.69, 9.17) is 11.5 Å². The minimum absolute atomic E-state index is 0.0446. The van der Waals surface area contributed by atoms with Gasteiger partial charge in [0.25, 0.3) is 0 Å². The number of likely N-dealkylation sites (tertiary alicyclic amines) is 1. The Morgan fingerprint density at radius 3 is 2.49 bits per heavy atom. The fourth-order valence-electron chi connectivity index (χ4n) is 3.91. The van der Waals surface area contributed by atoms with Crippen LogP contribution in [-0.4, -0.2) is 80.3 Å². The van der Waals surface area contributed by atoms with Crippen LogP contribution in [0.5, 0.6) is 0 Å². The average Bonchev–Trinajstić information content (AvgIpc) is 3.51. The summed E-state index contributed by atoms with van der Waals surface area (Å²) in [5.41, 5.74) is 11.8. The van der Waals surface area contributed by atoms with Crippen molar-refractivity contribution in [2.75, 3.05) is 6.54 Å². The van der Waals surface area contributed by atoms with Crippen molar-refractivity contribution >= 4 is 29.6 Å². The lowest BCUT2D eigenvalue weighted by Gasteiger charge is -2.29. The van der Waals surface area contributed by atoms with Crippen molar-refractivity contribution < 1.29 is 29.1 Å². The predicted octanol–water partition coefficient (Wildman–Crippen LogP) is -1.36.